The zero-order chi connectivity index (χ0) is 20.9. The monoisotopic (exact) mass is 497 g/mol. The number of unbranched alkanes of at least 4 members (excludes halogenated alkanes) is 4. The van der Waals surface area contributed by atoms with Crippen molar-refractivity contribution in [1.29, 1.82) is 0 Å². The van der Waals surface area contributed by atoms with Gasteiger partial charge in [-0.2, -0.15) is 0 Å². The Hall–Kier alpha value is -0.186. The molecule has 0 aromatic carbocycles. The molecule has 0 aromatic heterocycles. The smallest absolute Gasteiger partial charge is 0.245 e. The molecule has 1 atom stereocenters. The SMILES string of the molecule is CC(=O)NCC(F)COCCCCCOCCOCCCCCNC(=O)CO.[Y]. The fourth-order valence-electron chi connectivity index (χ4n) is 2.22. The van der Waals surface area contributed by atoms with E-state index in [9.17, 15) is 14.0 Å². The third-order valence-electron chi connectivity index (χ3n) is 3.75. The normalized spacial score (nSPS) is 11.6. The van der Waals surface area contributed by atoms with Crippen molar-refractivity contribution in [2.45, 2.75) is 51.6 Å². The second-order valence-corrected chi connectivity index (χ2v) is 6.46. The topological polar surface area (TPSA) is 106 Å². The number of aliphatic hydroxyl groups excluding tert-OH is 1. The molecule has 0 heterocycles. The number of alkyl halides is 1. The third-order valence-corrected chi connectivity index (χ3v) is 3.75. The zero-order valence-electron chi connectivity index (χ0n) is 17.6. The van der Waals surface area contributed by atoms with Crippen molar-refractivity contribution in [3.8, 4) is 0 Å². The molecule has 0 bridgehead atoms. The summed E-state index contributed by atoms with van der Waals surface area (Å²) in [7, 11) is 0. The second-order valence-electron chi connectivity index (χ2n) is 6.46. The van der Waals surface area contributed by atoms with Crippen LogP contribution < -0.4 is 10.6 Å². The molecule has 0 aliphatic rings. The molecular formula is C19H37FN2O6Y. The van der Waals surface area contributed by atoms with Crippen LogP contribution in [0.4, 0.5) is 4.39 Å². The van der Waals surface area contributed by atoms with Crippen LogP contribution in [0, 0.1) is 0 Å². The second kappa shape index (κ2) is 24.1. The molecular weight excluding hydrogens is 460 g/mol. The maximum Gasteiger partial charge on any atom is 0.245 e. The molecule has 0 spiro atoms. The van der Waals surface area contributed by atoms with E-state index in [0.717, 1.165) is 38.5 Å². The number of nitrogens with one attached hydrogen (secondary N) is 2. The first kappa shape index (κ1) is 31.0. The standard InChI is InChI=1S/C19H37FN2O6.Y/c1-17(24)22-14-18(20)16-28-11-7-3-6-10-27-13-12-26-9-5-2-4-8-21-19(25)15-23;/h18,23H,2-16H2,1H3,(H,21,25)(H,22,24);. The number of rotatable bonds is 20. The fourth-order valence-corrected chi connectivity index (χ4v) is 2.22. The van der Waals surface area contributed by atoms with Gasteiger partial charge in [0, 0.05) is 66.0 Å². The van der Waals surface area contributed by atoms with Crippen molar-refractivity contribution in [1.82, 2.24) is 10.6 Å². The number of carbonyl (C=O) groups is 2. The van der Waals surface area contributed by atoms with E-state index in [1.807, 2.05) is 0 Å². The number of aliphatic hydroxyl groups is 1. The summed E-state index contributed by atoms with van der Waals surface area (Å²) in [5.74, 6) is -0.581. The van der Waals surface area contributed by atoms with Gasteiger partial charge in [0.2, 0.25) is 11.8 Å². The van der Waals surface area contributed by atoms with Crippen LogP contribution in [-0.2, 0) is 56.5 Å². The van der Waals surface area contributed by atoms with Crippen LogP contribution in [-0.4, -0.2) is 82.4 Å². The van der Waals surface area contributed by atoms with Crippen LogP contribution in [0.2, 0.25) is 0 Å². The van der Waals surface area contributed by atoms with E-state index in [2.05, 4.69) is 10.6 Å². The van der Waals surface area contributed by atoms with Crippen molar-refractivity contribution in [2.75, 3.05) is 59.3 Å². The molecule has 8 nitrogen and oxygen atoms in total. The fraction of sp³-hybridized carbons (Fsp3) is 0.895. The van der Waals surface area contributed by atoms with Gasteiger partial charge >= 0.3 is 0 Å². The molecule has 2 amide bonds. The largest absolute Gasteiger partial charge is 0.387 e. The van der Waals surface area contributed by atoms with Crippen LogP contribution in [0.15, 0.2) is 0 Å². The molecule has 1 radical (unpaired) electrons. The summed E-state index contributed by atoms with van der Waals surface area (Å²) < 4.78 is 29.5. The first-order chi connectivity index (χ1) is 13.6. The maximum absolute atomic E-state index is 13.3. The average Bonchev–Trinajstić information content (AvgIpc) is 2.68. The predicted octanol–water partition coefficient (Wildman–Crippen LogP) is 0.957. The molecule has 169 valence electrons. The molecule has 3 N–H and O–H groups in total. The summed E-state index contributed by atoms with van der Waals surface area (Å²) in [5, 5.41) is 13.6. The van der Waals surface area contributed by atoms with Crippen LogP contribution >= 0.6 is 0 Å². The predicted molar refractivity (Wildman–Crippen MR) is 104 cm³/mol. The van der Waals surface area contributed by atoms with Gasteiger partial charge in [-0.3, -0.25) is 9.59 Å². The van der Waals surface area contributed by atoms with Gasteiger partial charge in [0.05, 0.1) is 26.4 Å². The average molecular weight is 497 g/mol. The number of ether oxygens (including phenoxy) is 3. The third kappa shape index (κ3) is 25.8. The molecule has 29 heavy (non-hydrogen) atoms. The van der Waals surface area contributed by atoms with Gasteiger partial charge < -0.3 is 30.0 Å². The van der Waals surface area contributed by atoms with Crippen molar-refractivity contribution in [2.24, 2.45) is 0 Å². The van der Waals surface area contributed by atoms with E-state index in [1.54, 1.807) is 0 Å². The van der Waals surface area contributed by atoms with Crippen molar-refractivity contribution >= 4 is 11.8 Å². The van der Waals surface area contributed by atoms with E-state index < -0.39 is 12.8 Å². The maximum atomic E-state index is 13.3. The van der Waals surface area contributed by atoms with Crippen LogP contribution in [0.25, 0.3) is 0 Å². The van der Waals surface area contributed by atoms with Crippen LogP contribution in [0.5, 0.6) is 0 Å². The number of amides is 2. The summed E-state index contributed by atoms with van der Waals surface area (Å²) >= 11 is 0. The Morgan fingerprint density at radius 2 is 1.41 bits per heavy atom. The minimum Gasteiger partial charge on any atom is -0.387 e. The summed E-state index contributed by atoms with van der Waals surface area (Å²) in [6.07, 6.45) is 4.33. The zero-order valence-corrected chi connectivity index (χ0v) is 20.5. The van der Waals surface area contributed by atoms with Gasteiger partial charge in [0.15, 0.2) is 0 Å². The number of halogens is 1. The molecule has 0 aliphatic carbocycles. The van der Waals surface area contributed by atoms with E-state index in [0.29, 0.717) is 39.6 Å². The van der Waals surface area contributed by atoms with E-state index in [-0.39, 0.29) is 57.7 Å². The van der Waals surface area contributed by atoms with Crippen molar-refractivity contribution in [3.05, 3.63) is 0 Å². The van der Waals surface area contributed by atoms with Gasteiger partial charge in [-0.1, -0.05) is 0 Å². The molecule has 0 saturated heterocycles. The Bertz CT molecular complexity index is 394. The van der Waals surface area contributed by atoms with Gasteiger partial charge in [0.25, 0.3) is 0 Å². The summed E-state index contributed by atoms with van der Waals surface area (Å²) in [6, 6.07) is 0. The van der Waals surface area contributed by atoms with E-state index in [4.69, 9.17) is 19.3 Å². The van der Waals surface area contributed by atoms with E-state index in [1.165, 1.54) is 6.92 Å². The molecule has 0 fully saturated rings. The first-order valence-corrected chi connectivity index (χ1v) is 10.1. The molecule has 0 aromatic rings. The van der Waals surface area contributed by atoms with Gasteiger partial charge in [0.1, 0.15) is 12.8 Å². The molecule has 10 heteroatoms. The van der Waals surface area contributed by atoms with Gasteiger partial charge in [-0.25, -0.2) is 4.39 Å². The molecule has 1 unspecified atom stereocenters. The Morgan fingerprint density at radius 1 is 0.862 bits per heavy atom. The number of hydrogen-bond acceptors (Lipinski definition) is 6. The number of carbonyl (C=O) groups excluding carboxylic acids is 2. The summed E-state index contributed by atoms with van der Waals surface area (Å²) in [4.78, 5) is 21.4. The summed E-state index contributed by atoms with van der Waals surface area (Å²) in [5.41, 5.74) is 0. The number of hydrogen-bond donors (Lipinski definition) is 3. The molecule has 0 saturated carbocycles. The van der Waals surface area contributed by atoms with Crippen molar-refractivity contribution in [3.63, 3.8) is 0 Å². The van der Waals surface area contributed by atoms with Crippen LogP contribution in [0.3, 0.4) is 0 Å². The Morgan fingerprint density at radius 3 is 1.97 bits per heavy atom. The Labute approximate surface area is 198 Å². The minimum atomic E-state index is -1.17. The minimum absolute atomic E-state index is 0. The van der Waals surface area contributed by atoms with Gasteiger partial charge in [-0.15, -0.1) is 0 Å². The Kier molecular flexibility index (Phi) is 25.8. The molecule has 0 rings (SSSR count). The van der Waals surface area contributed by atoms with E-state index >= 15 is 0 Å². The van der Waals surface area contributed by atoms with Crippen LogP contribution in [0.1, 0.15) is 45.4 Å². The summed E-state index contributed by atoms with van der Waals surface area (Å²) in [6.45, 7) is 4.46. The van der Waals surface area contributed by atoms with Crippen molar-refractivity contribution < 1.29 is 66.0 Å². The quantitative estimate of drug-likeness (QED) is 0.217. The first-order valence-electron chi connectivity index (χ1n) is 10.1. The Balaban J connectivity index is 0. The molecule has 0 aliphatic heterocycles. The van der Waals surface area contributed by atoms with Gasteiger partial charge in [-0.05, 0) is 38.5 Å².